The minimum atomic E-state index is -0.0550. The molecular weight excluding hydrogens is 346 g/mol. The molecule has 2 aliphatic heterocycles. The number of ether oxygens (including phenoxy) is 2. The van der Waals surface area contributed by atoms with E-state index in [9.17, 15) is 4.79 Å². The third-order valence-electron chi connectivity index (χ3n) is 4.90. The van der Waals surface area contributed by atoms with Crippen molar-refractivity contribution in [3.05, 3.63) is 41.6 Å². The maximum atomic E-state index is 12.6. The van der Waals surface area contributed by atoms with Gasteiger partial charge in [0.15, 0.2) is 17.2 Å². The van der Waals surface area contributed by atoms with Crippen LogP contribution in [0.3, 0.4) is 0 Å². The van der Waals surface area contributed by atoms with Gasteiger partial charge in [-0.25, -0.2) is 0 Å². The van der Waals surface area contributed by atoms with Gasteiger partial charge in [-0.05, 0) is 36.4 Å². The van der Waals surface area contributed by atoms with E-state index < -0.39 is 0 Å². The summed E-state index contributed by atoms with van der Waals surface area (Å²) in [7, 11) is 0. The minimum absolute atomic E-state index is 0.0550. The van der Waals surface area contributed by atoms with Crippen LogP contribution in [0.1, 0.15) is 23.0 Å². The Hall–Kier alpha value is -2.87. The van der Waals surface area contributed by atoms with E-state index >= 15 is 0 Å². The Bertz CT molecular complexity index is 803. The largest absolute Gasteiger partial charge is 0.454 e. The van der Waals surface area contributed by atoms with Crippen molar-refractivity contribution in [2.45, 2.75) is 13.5 Å². The van der Waals surface area contributed by atoms with Crippen LogP contribution in [0, 0.1) is 0 Å². The van der Waals surface area contributed by atoms with Gasteiger partial charge in [0.1, 0.15) is 5.82 Å². The first-order valence-electron chi connectivity index (χ1n) is 9.20. The molecule has 0 unspecified atom stereocenters. The van der Waals surface area contributed by atoms with Crippen molar-refractivity contribution in [3.8, 4) is 11.5 Å². The van der Waals surface area contributed by atoms with Crippen LogP contribution < -0.4 is 14.8 Å². The number of benzene rings is 1. The van der Waals surface area contributed by atoms with E-state index in [2.05, 4.69) is 27.3 Å². The third-order valence-corrected chi connectivity index (χ3v) is 4.90. The topological polar surface area (TPSA) is 79.8 Å². The zero-order chi connectivity index (χ0) is 18.6. The fourth-order valence-electron chi connectivity index (χ4n) is 3.21. The number of anilines is 1. The van der Waals surface area contributed by atoms with Gasteiger partial charge in [0.2, 0.25) is 6.79 Å². The molecule has 1 aromatic carbocycles. The lowest BCUT2D eigenvalue weighted by molar-refractivity contribution is 0.0636. The first-order valence-corrected chi connectivity index (χ1v) is 9.20. The predicted octanol–water partition coefficient (Wildman–Crippen LogP) is 1.60. The molecule has 8 heteroatoms. The second-order valence-electron chi connectivity index (χ2n) is 6.57. The maximum Gasteiger partial charge on any atom is 0.274 e. The molecular formula is C19H23N5O3. The van der Waals surface area contributed by atoms with Gasteiger partial charge in [-0.15, -0.1) is 10.2 Å². The van der Waals surface area contributed by atoms with E-state index in [0.29, 0.717) is 18.1 Å². The Morgan fingerprint density at radius 2 is 1.89 bits per heavy atom. The van der Waals surface area contributed by atoms with E-state index in [1.54, 1.807) is 12.1 Å². The van der Waals surface area contributed by atoms with Crippen molar-refractivity contribution < 1.29 is 14.3 Å². The number of amides is 1. The van der Waals surface area contributed by atoms with E-state index in [1.165, 1.54) is 0 Å². The van der Waals surface area contributed by atoms with E-state index in [4.69, 9.17) is 9.47 Å². The second-order valence-corrected chi connectivity index (χ2v) is 6.57. The molecule has 0 spiro atoms. The molecule has 1 saturated heterocycles. The molecule has 27 heavy (non-hydrogen) atoms. The first kappa shape index (κ1) is 17.5. The van der Waals surface area contributed by atoms with Gasteiger partial charge in [-0.3, -0.25) is 4.79 Å². The highest BCUT2D eigenvalue weighted by Crippen LogP contribution is 2.32. The van der Waals surface area contributed by atoms with Crippen LogP contribution in [-0.2, 0) is 6.54 Å². The number of piperazine rings is 1. The molecule has 0 bridgehead atoms. The lowest BCUT2D eigenvalue weighted by Crippen LogP contribution is -2.48. The quantitative estimate of drug-likeness (QED) is 0.857. The number of carbonyl (C=O) groups excluding carboxylic acids is 1. The molecule has 0 aliphatic carbocycles. The van der Waals surface area contributed by atoms with Crippen LogP contribution in [0.4, 0.5) is 5.82 Å². The zero-order valence-corrected chi connectivity index (χ0v) is 15.4. The van der Waals surface area contributed by atoms with Gasteiger partial charge in [-0.2, -0.15) is 0 Å². The molecule has 1 amide bonds. The van der Waals surface area contributed by atoms with Crippen LogP contribution in [0.15, 0.2) is 30.3 Å². The summed E-state index contributed by atoms with van der Waals surface area (Å²) in [5, 5.41) is 11.4. The van der Waals surface area contributed by atoms with E-state index in [1.807, 2.05) is 23.1 Å². The van der Waals surface area contributed by atoms with Crippen molar-refractivity contribution in [1.82, 2.24) is 20.0 Å². The van der Waals surface area contributed by atoms with E-state index in [0.717, 1.165) is 49.8 Å². The number of carbonyl (C=O) groups is 1. The van der Waals surface area contributed by atoms with Gasteiger partial charge in [-0.1, -0.05) is 13.0 Å². The molecule has 1 N–H and O–H groups in total. The Morgan fingerprint density at radius 1 is 1.07 bits per heavy atom. The average molecular weight is 369 g/mol. The van der Waals surface area contributed by atoms with Gasteiger partial charge in [0.25, 0.3) is 5.91 Å². The predicted molar refractivity (Wildman–Crippen MR) is 99.9 cm³/mol. The summed E-state index contributed by atoms with van der Waals surface area (Å²) in [4.78, 5) is 16.7. The third kappa shape index (κ3) is 3.95. The van der Waals surface area contributed by atoms with Crippen molar-refractivity contribution in [3.63, 3.8) is 0 Å². The van der Waals surface area contributed by atoms with Crippen LogP contribution in [0.25, 0.3) is 0 Å². The van der Waals surface area contributed by atoms with Crippen molar-refractivity contribution in [1.29, 1.82) is 0 Å². The van der Waals surface area contributed by atoms with Gasteiger partial charge in [0.05, 0.1) is 0 Å². The summed E-state index contributed by atoms with van der Waals surface area (Å²) in [6, 6.07) is 9.32. The fourth-order valence-corrected chi connectivity index (χ4v) is 3.21. The standard InChI is InChI=1S/C19H23N5O3/c1-2-23-7-9-24(10-8-23)19(25)15-4-6-18(22-21-15)20-12-14-3-5-16-17(11-14)27-13-26-16/h3-6,11H,2,7-10,12-13H2,1H3,(H,20,22). The van der Waals surface area contributed by atoms with Crippen LogP contribution in [0.2, 0.25) is 0 Å². The molecule has 1 fully saturated rings. The smallest absolute Gasteiger partial charge is 0.274 e. The minimum Gasteiger partial charge on any atom is -0.454 e. The summed E-state index contributed by atoms with van der Waals surface area (Å²) >= 11 is 0. The number of nitrogens with zero attached hydrogens (tertiary/aromatic N) is 4. The molecule has 4 rings (SSSR count). The summed E-state index contributed by atoms with van der Waals surface area (Å²) in [5.41, 5.74) is 1.43. The highest BCUT2D eigenvalue weighted by Gasteiger charge is 2.22. The summed E-state index contributed by atoms with van der Waals surface area (Å²) < 4.78 is 10.7. The highest BCUT2D eigenvalue weighted by molar-refractivity contribution is 5.92. The van der Waals surface area contributed by atoms with Gasteiger partial charge in [0, 0.05) is 32.7 Å². The Labute approximate surface area is 158 Å². The molecule has 0 radical (unpaired) electrons. The van der Waals surface area contributed by atoms with Crippen molar-refractivity contribution in [2.75, 3.05) is 44.8 Å². The Kier molecular flexibility index (Phi) is 5.06. The Balaban J connectivity index is 1.33. The van der Waals surface area contributed by atoms with Crippen molar-refractivity contribution >= 4 is 11.7 Å². The zero-order valence-electron chi connectivity index (χ0n) is 15.4. The fraction of sp³-hybridized carbons (Fsp3) is 0.421. The molecule has 2 aliphatic rings. The Morgan fingerprint density at radius 3 is 2.63 bits per heavy atom. The molecule has 2 aromatic rings. The van der Waals surface area contributed by atoms with Gasteiger partial charge < -0.3 is 24.6 Å². The monoisotopic (exact) mass is 369 g/mol. The number of fused-ring (bicyclic) bond motifs is 1. The normalized spacial score (nSPS) is 16.4. The SMILES string of the molecule is CCN1CCN(C(=O)c2ccc(NCc3ccc4c(c3)OCO4)nn2)CC1. The van der Waals surface area contributed by atoms with Crippen LogP contribution >= 0.6 is 0 Å². The average Bonchev–Trinajstić information content (AvgIpc) is 3.20. The lowest BCUT2D eigenvalue weighted by atomic mass is 10.2. The highest BCUT2D eigenvalue weighted by atomic mass is 16.7. The number of rotatable bonds is 5. The lowest BCUT2D eigenvalue weighted by Gasteiger charge is -2.33. The maximum absolute atomic E-state index is 12.6. The van der Waals surface area contributed by atoms with Crippen molar-refractivity contribution in [2.24, 2.45) is 0 Å². The molecule has 0 saturated carbocycles. The number of nitrogens with one attached hydrogen (secondary N) is 1. The molecule has 1 aromatic heterocycles. The van der Waals surface area contributed by atoms with Gasteiger partial charge >= 0.3 is 0 Å². The summed E-state index contributed by atoms with van der Waals surface area (Å²) in [6.07, 6.45) is 0. The number of likely N-dealkylation sites (N-methyl/N-ethyl adjacent to an activating group) is 1. The number of hydrogen-bond donors (Lipinski definition) is 1. The van der Waals surface area contributed by atoms with E-state index in [-0.39, 0.29) is 12.7 Å². The van der Waals surface area contributed by atoms with Crippen LogP contribution in [0.5, 0.6) is 11.5 Å². The molecule has 8 nitrogen and oxygen atoms in total. The first-order chi connectivity index (χ1) is 13.2. The number of aromatic nitrogens is 2. The van der Waals surface area contributed by atoms with Crippen LogP contribution in [-0.4, -0.2) is 65.4 Å². The molecule has 3 heterocycles. The summed E-state index contributed by atoms with van der Waals surface area (Å²) in [6.45, 7) is 7.29. The molecule has 142 valence electrons. The second kappa shape index (κ2) is 7.79. The number of hydrogen-bond acceptors (Lipinski definition) is 7. The molecule has 0 atom stereocenters. The summed E-state index contributed by atoms with van der Waals surface area (Å²) in [5.74, 6) is 2.09.